The molecule has 2 fully saturated rings. The van der Waals surface area contributed by atoms with Crippen molar-refractivity contribution in [2.75, 3.05) is 13.1 Å². The molecule has 0 aliphatic carbocycles. The number of nitrogens with zero attached hydrogens (tertiary/aromatic N) is 1. The Morgan fingerprint density at radius 3 is 2.90 bits per heavy atom. The topological polar surface area (TPSA) is 38.8 Å². The maximum absolute atomic E-state index is 12.4. The number of hydrogen-bond acceptors (Lipinski definition) is 4. The molecular weight excluding hydrogens is 254 g/mol. The Morgan fingerprint density at radius 1 is 1.20 bits per heavy atom. The fraction of sp³-hybridized carbons (Fsp3) is 0.812. The molecule has 0 radical (unpaired) electrons. The molecule has 4 heteroatoms. The van der Waals surface area contributed by atoms with Gasteiger partial charge < -0.3 is 9.47 Å². The molecule has 110 valence electrons. The van der Waals surface area contributed by atoms with Gasteiger partial charge in [-0.2, -0.15) is 0 Å². The minimum Gasteiger partial charge on any atom is -0.494 e. The normalized spacial score (nSPS) is 44.7. The van der Waals surface area contributed by atoms with E-state index in [0.29, 0.717) is 12.5 Å². The van der Waals surface area contributed by atoms with Gasteiger partial charge in [0.1, 0.15) is 11.9 Å². The Balaban J connectivity index is 1.77. The number of carbonyl (C=O) groups excluding carboxylic acids is 1. The second kappa shape index (κ2) is 4.57. The molecule has 4 aliphatic rings. The van der Waals surface area contributed by atoms with E-state index in [9.17, 15) is 4.79 Å². The van der Waals surface area contributed by atoms with Crippen LogP contribution in [0.3, 0.4) is 0 Å². The smallest absolute Gasteiger partial charge is 0.168 e. The zero-order valence-corrected chi connectivity index (χ0v) is 12.3. The zero-order valence-electron chi connectivity index (χ0n) is 12.3. The molecule has 4 nitrogen and oxygen atoms in total. The van der Waals surface area contributed by atoms with Gasteiger partial charge in [-0.1, -0.05) is 0 Å². The number of fused-ring (bicyclic) bond motifs is 4. The molecular formula is C16H23NO3. The predicted octanol–water partition coefficient (Wildman–Crippen LogP) is 1.89. The molecule has 2 saturated heterocycles. The monoisotopic (exact) mass is 277 g/mol. The van der Waals surface area contributed by atoms with E-state index >= 15 is 0 Å². The standard InChI is InChI=1S/C16H23NO3/c1-9-8-12(18)14-10(2)20-13-5-7-17-6-3-4-11(17)15(13)16(14)19-9/h9-11,13,15H,3-8H2,1-2H3/t9-,10-,11+,13+,15-/m0/s1. The molecule has 0 N–H and O–H groups in total. The van der Waals surface area contributed by atoms with Gasteiger partial charge in [-0.25, -0.2) is 0 Å². The molecule has 0 unspecified atom stereocenters. The molecule has 0 aromatic carbocycles. The van der Waals surface area contributed by atoms with Gasteiger partial charge in [0.05, 0.1) is 23.7 Å². The molecule has 0 amide bonds. The molecule has 0 aromatic heterocycles. The third-order valence-electron chi connectivity index (χ3n) is 5.39. The predicted molar refractivity (Wildman–Crippen MR) is 74.2 cm³/mol. The Hall–Kier alpha value is -0.870. The first-order chi connectivity index (χ1) is 9.65. The van der Waals surface area contributed by atoms with Crippen LogP contribution < -0.4 is 0 Å². The summed E-state index contributed by atoms with van der Waals surface area (Å²) >= 11 is 0. The molecule has 20 heavy (non-hydrogen) atoms. The van der Waals surface area contributed by atoms with Crippen LogP contribution in [-0.2, 0) is 14.3 Å². The summed E-state index contributed by atoms with van der Waals surface area (Å²) in [5.41, 5.74) is 0.832. The van der Waals surface area contributed by atoms with Crippen LogP contribution in [0.25, 0.3) is 0 Å². The minimum absolute atomic E-state index is 0.0176. The Labute approximate surface area is 120 Å². The van der Waals surface area contributed by atoms with E-state index in [1.54, 1.807) is 0 Å². The van der Waals surface area contributed by atoms with Crippen molar-refractivity contribution in [1.29, 1.82) is 0 Å². The van der Waals surface area contributed by atoms with Gasteiger partial charge in [0.15, 0.2) is 5.78 Å². The summed E-state index contributed by atoms with van der Waals surface area (Å²) in [6.45, 7) is 6.33. The van der Waals surface area contributed by atoms with Gasteiger partial charge in [-0.15, -0.1) is 0 Å². The van der Waals surface area contributed by atoms with Crippen LogP contribution in [-0.4, -0.2) is 48.1 Å². The van der Waals surface area contributed by atoms with Crippen LogP contribution in [0.1, 0.15) is 39.5 Å². The third-order valence-corrected chi connectivity index (χ3v) is 5.39. The summed E-state index contributed by atoms with van der Waals surface area (Å²) in [6, 6.07) is 0.518. The Kier molecular flexibility index (Phi) is 2.93. The third kappa shape index (κ3) is 1.77. The van der Waals surface area contributed by atoms with Crippen molar-refractivity contribution in [2.24, 2.45) is 5.92 Å². The van der Waals surface area contributed by atoms with Gasteiger partial charge in [-0.05, 0) is 39.7 Å². The van der Waals surface area contributed by atoms with E-state index in [2.05, 4.69) is 4.90 Å². The largest absolute Gasteiger partial charge is 0.494 e. The fourth-order valence-corrected chi connectivity index (χ4v) is 4.60. The van der Waals surface area contributed by atoms with E-state index in [1.165, 1.54) is 19.4 Å². The molecule has 0 spiro atoms. The van der Waals surface area contributed by atoms with E-state index < -0.39 is 0 Å². The molecule has 0 aromatic rings. The van der Waals surface area contributed by atoms with Crippen LogP contribution in [0.4, 0.5) is 0 Å². The molecule has 4 heterocycles. The number of Topliss-reactive ketones (excluding diaryl/α,β-unsaturated/α-hetero) is 1. The second-order valence-corrected chi connectivity index (χ2v) is 6.71. The van der Waals surface area contributed by atoms with Gasteiger partial charge in [-0.3, -0.25) is 9.69 Å². The van der Waals surface area contributed by atoms with Crippen LogP contribution in [0.5, 0.6) is 0 Å². The van der Waals surface area contributed by atoms with Crippen molar-refractivity contribution in [1.82, 2.24) is 4.90 Å². The lowest BCUT2D eigenvalue weighted by molar-refractivity contribution is -0.134. The van der Waals surface area contributed by atoms with E-state index in [1.807, 2.05) is 13.8 Å². The number of hydrogen-bond donors (Lipinski definition) is 0. The van der Waals surface area contributed by atoms with Crippen molar-refractivity contribution in [3.05, 3.63) is 11.3 Å². The highest BCUT2D eigenvalue weighted by Crippen LogP contribution is 2.45. The lowest BCUT2D eigenvalue weighted by atomic mass is 9.78. The molecule has 0 saturated carbocycles. The number of ketones is 1. The number of ether oxygens (including phenoxy) is 2. The number of piperidine rings is 1. The summed E-state index contributed by atoms with van der Waals surface area (Å²) in [6.07, 6.45) is 4.19. The van der Waals surface area contributed by atoms with Gasteiger partial charge >= 0.3 is 0 Å². The van der Waals surface area contributed by atoms with Crippen molar-refractivity contribution < 1.29 is 14.3 Å². The minimum atomic E-state index is -0.0980. The van der Waals surface area contributed by atoms with Gasteiger partial charge in [0.25, 0.3) is 0 Å². The summed E-state index contributed by atoms with van der Waals surface area (Å²) in [5.74, 6) is 1.50. The first kappa shape index (κ1) is 12.8. The maximum atomic E-state index is 12.4. The van der Waals surface area contributed by atoms with Gasteiger partial charge in [0, 0.05) is 19.0 Å². The fourth-order valence-electron chi connectivity index (χ4n) is 4.60. The van der Waals surface area contributed by atoms with Crippen molar-refractivity contribution in [3.63, 3.8) is 0 Å². The van der Waals surface area contributed by atoms with Crippen LogP contribution in [0.15, 0.2) is 11.3 Å². The summed E-state index contributed by atoms with van der Waals surface area (Å²) < 4.78 is 12.3. The number of rotatable bonds is 0. The lowest BCUT2D eigenvalue weighted by Crippen LogP contribution is -2.54. The number of carbonyl (C=O) groups is 1. The summed E-state index contributed by atoms with van der Waals surface area (Å²) in [4.78, 5) is 15.0. The highest BCUT2D eigenvalue weighted by atomic mass is 16.5. The van der Waals surface area contributed by atoms with Crippen LogP contribution in [0, 0.1) is 5.92 Å². The molecule has 5 atom stereocenters. The van der Waals surface area contributed by atoms with E-state index in [4.69, 9.17) is 9.47 Å². The highest BCUT2D eigenvalue weighted by molar-refractivity contribution is 5.98. The molecule has 4 rings (SSSR count). The van der Waals surface area contributed by atoms with Crippen LogP contribution >= 0.6 is 0 Å². The van der Waals surface area contributed by atoms with Crippen LogP contribution in [0.2, 0.25) is 0 Å². The van der Waals surface area contributed by atoms with E-state index in [0.717, 1.165) is 24.3 Å². The summed E-state index contributed by atoms with van der Waals surface area (Å²) in [5, 5.41) is 0. The average molecular weight is 277 g/mol. The quantitative estimate of drug-likeness (QED) is 0.678. The van der Waals surface area contributed by atoms with Crippen molar-refractivity contribution in [3.8, 4) is 0 Å². The zero-order chi connectivity index (χ0) is 13.9. The van der Waals surface area contributed by atoms with Crippen molar-refractivity contribution in [2.45, 2.75) is 63.9 Å². The molecule has 4 aliphatic heterocycles. The highest BCUT2D eigenvalue weighted by Gasteiger charge is 2.50. The Bertz CT molecular complexity index is 472. The van der Waals surface area contributed by atoms with Crippen molar-refractivity contribution >= 4 is 5.78 Å². The first-order valence-corrected chi connectivity index (χ1v) is 7.98. The Morgan fingerprint density at radius 2 is 2.05 bits per heavy atom. The SMILES string of the molecule is C[C@@H]1O[C@@H]2CCN3CCC[C@@H]3[C@@H]2C2=C1C(=O)C[C@H](C)O2. The summed E-state index contributed by atoms with van der Waals surface area (Å²) in [7, 11) is 0. The molecule has 0 bridgehead atoms. The second-order valence-electron chi connectivity index (χ2n) is 6.71. The first-order valence-electron chi connectivity index (χ1n) is 7.98. The maximum Gasteiger partial charge on any atom is 0.168 e. The van der Waals surface area contributed by atoms with Gasteiger partial charge in [0.2, 0.25) is 0 Å². The lowest BCUT2D eigenvalue weighted by Gasteiger charge is -2.48. The average Bonchev–Trinajstić information content (AvgIpc) is 2.85. The van der Waals surface area contributed by atoms with E-state index in [-0.39, 0.29) is 30.0 Å².